The minimum absolute atomic E-state index is 0.0253. The second kappa shape index (κ2) is 6.00. The maximum Gasteiger partial charge on any atom is 0.491 e. The van der Waals surface area contributed by atoms with Crippen molar-refractivity contribution in [3.63, 3.8) is 0 Å². The SMILES string of the molecule is CC1(C)OB(C(=Cc2ccc(O)c(C#N)c2)CS)OC1(C)C. The lowest BCUT2D eigenvalue weighted by Crippen LogP contribution is -2.41. The number of phenolic OH excluding ortho intramolecular Hbond substituents is 1. The Hall–Kier alpha value is -1.42. The second-order valence-electron chi connectivity index (χ2n) is 6.35. The summed E-state index contributed by atoms with van der Waals surface area (Å²) in [5.41, 5.74) is 1.09. The Morgan fingerprint density at radius 2 is 1.91 bits per heavy atom. The molecule has 0 radical (unpaired) electrons. The van der Waals surface area contributed by atoms with E-state index in [1.165, 1.54) is 6.07 Å². The number of hydrogen-bond donors (Lipinski definition) is 2. The van der Waals surface area contributed by atoms with Crippen LogP contribution >= 0.6 is 12.6 Å². The molecule has 0 saturated carbocycles. The second-order valence-corrected chi connectivity index (χ2v) is 6.67. The zero-order valence-electron chi connectivity index (χ0n) is 13.3. The lowest BCUT2D eigenvalue weighted by atomic mass is 9.78. The van der Waals surface area contributed by atoms with E-state index in [-0.39, 0.29) is 11.3 Å². The molecule has 1 aromatic rings. The molecule has 6 heteroatoms. The monoisotopic (exact) mass is 317 g/mol. The number of thiol groups is 1. The fourth-order valence-corrected chi connectivity index (χ4v) is 2.37. The van der Waals surface area contributed by atoms with Crippen molar-refractivity contribution in [3.05, 3.63) is 34.8 Å². The van der Waals surface area contributed by atoms with E-state index in [0.717, 1.165) is 11.0 Å². The first-order valence-corrected chi connectivity index (χ1v) is 7.73. The topological polar surface area (TPSA) is 62.5 Å². The molecule has 0 aliphatic carbocycles. The van der Waals surface area contributed by atoms with Gasteiger partial charge in [-0.1, -0.05) is 12.1 Å². The van der Waals surface area contributed by atoms with Gasteiger partial charge in [0.1, 0.15) is 11.8 Å². The van der Waals surface area contributed by atoms with Crippen LogP contribution in [-0.2, 0) is 9.31 Å². The van der Waals surface area contributed by atoms with Crippen LogP contribution in [0.15, 0.2) is 23.7 Å². The van der Waals surface area contributed by atoms with Gasteiger partial charge in [0.05, 0.1) is 16.8 Å². The molecule has 1 N–H and O–H groups in total. The van der Waals surface area contributed by atoms with Crippen LogP contribution in [0.2, 0.25) is 0 Å². The fraction of sp³-hybridized carbons (Fsp3) is 0.438. The van der Waals surface area contributed by atoms with Crippen LogP contribution in [0.5, 0.6) is 5.75 Å². The van der Waals surface area contributed by atoms with Crippen molar-refractivity contribution in [1.82, 2.24) is 0 Å². The molecule has 1 aromatic carbocycles. The van der Waals surface area contributed by atoms with Gasteiger partial charge in [0.15, 0.2) is 0 Å². The molecule has 116 valence electrons. The first-order valence-electron chi connectivity index (χ1n) is 7.10. The van der Waals surface area contributed by atoms with Crippen LogP contribution < -0.4 is 0 Å². The van der Waals surface area contributed by atoms with Crippen molar-refractivity contribution >= 4 is 25.8 Å². The van der Waals surface area contributed by atoms with Gasteiger partial charge >= 0.3 is 7.12 Å². The van der Waals surface area contributed by atoms with Gasteiger partial charge in [-0.3, -0.25) is 0 Å². The van der Waals surface area contributed by atoms with Crippen molar-refractivity contribution in [3.8, 4) is 11.8 Å². The van der Waals surface area contributed by atoms with Crippen molar-refractivity contribution in [2.75, 3.05) is 5.75 Å². The van der Waals surface area contributed by atoms with Gasteiger partial charge < -0.3 is 14.4 Å². The lowest BCUT2D eigenvalue weighted by Gasteiger charge is -2.32. The Labute approximate surface area is 137 Å². The molecule has 1 heterocycles. The maximum atomic E-state index is 9.57. The Bertz CT molecular complexity index is 633. The molecule has 0 spiro atoms. The van der Waals surface area contributed by atoms with E-state index in [2.05, 4.69) is 12.6 Å². The normalized spacial score (nSPS) is 20.0. The third-order valence-electron chi connectivity index (χ3n) is 4.23. The standard InChI is InChI=1S/C16H20BNO3S/c1-15(2)16(3,4)21-17(20-15)13(10-22)8-11-5-6-14(19)12(7-11)9-18/h5-8,19,22H,10H2,1-4H3. The minimum Gasteiger partial charge on any atom is -0.507 e. The fourth-order valence-electron chi connectivity index (χ4n) is 2.13. The molecule has 1 fully saturated rings. The minimum atomic E-state index is -0.471. The number of benzene rings is 1. The van der Waals surface area contributed by atoms with Crippen molar-refractivity contribution in [1.29, 1.82) is 5.26 Å². The highest BCUT2D eigenvalue weighted by atomic mass is 32.1. The van der Waals surface area contributed by atoms with Gasteiger partial charge in [-0.2, -0.15) is 17.9 Å². The number of aromatic hydroxyl groups is 1. The quantitative estimate of drug-likeness (QED) is 0.664. The van der Waals surface area contributed by atoms with E-state index in [1.54, 1.807) is 12.1 Å². The van der Waals surface area contributed by atoms with Crippen LogP contribution in [-0.4, -0.2) is 29.2 Å². The Kier molecular flexibility index (Phi) is 4.62. The Morgan fingerprint density at radius 1 is 1.32 bits per heavy atom. The third kappa shape index (κ3) is 3.17. The third-order valence-corrected chi connectivity index (χ3v) is 4.60. The summed E-state index contributed by atoms with van der Waals surface area (Å²) in [5, 5.41) is 18.6. The zero-order valence-corrected chi connectivity index (χ0v) is 14.1. The Morgan fingerprint density at radius 3 is 2.41 bits per heavy atom. The van der Waals surface area contributed by atoms with Gasteiger partial charge in [-0.05, 0) is 50.9 Å². The summed E-state index contributed by atoms with van der Waals surface area (Å²) < 4.78 is 12.0. The van der Waals surface area contributed by atoms with Crippen LogP contribution in [0.25, 0.3) is 6.08 Å². The molecule has 0 amide bonds. The molecule has 1 aliphatic heterocycles. The summed E-state index contributed by atoms with van der Waals surface area (Å²) in [6, 6.07) is 6.84. The van der Waals surface area contributed by atoms with Crippen LogP contribution in [0.1, 0.15) is 38.8 Å². The lowest BCUT2D eigenvalue weighted by molar-refractivity contribution is 0.00578. The zero-order chi connectivity index (χ0) is 16.5. The van der Waals surface area contributed by atoms with Crippen molar-refractivity contribution in [2.24, 2.45) is 0 Å². The predicted molar refractivity (Wildman–Crippen MR) is 90.7 cm³/mol. The van der Waals surface area contributed by atoms with Gasteiger partial charge in [0.2, 0.25) is 0 Å². The first kappa shape index (κ1) is 16.9. The Balaban J connectivity index is 2.32. The average molecular weight is 317 g/mol. The van der Waals surface area contributed by atoms with Gasteiger partial charge in [-0.15, -0.1) is 0 Å². The molecule has 2 rings (SSSR count). The molecular weight excluding hydrogens is 297 g/mol. The molecule has 22 heavy (non-hydrogen) atoms. The van der Waals surface area contributed by atoms with E-state index in [4.69, 9.17) is 14.6 Å². The van der Waals surface area contributed by atoms with Crippen LogP contribution in [0.3, 0.4) is 0 Å². The molecule has 0 atom stereocenters. The van der Waals surface area contributed by atoms with Gasteiger partial charge in [0.25, 0.3) is 0 Å². The largest absolute Gasteiger partial charge is 0.507 e. The summed E-state index contributed by atoms with van der Waals surface area (Å²) in [7, 11) is -0.471. The molecule has 1 aliphatic rings. The van der Waals surface area contributed by atoms with E-state index >= 15 is 0 Å². The van der Waals surface area contributed by atoms with E-state index in [0.29, 0.717) is 5.75 Å². The summed E-state index contributed by atoms with van der Waals surface area (Å²) in [6.07, 6.45) is 1.88. The predicted octanol–water partition coefficient (Wildman–Crippen LogP) is 3.21. The number of rotatable bonds is 3. The number of nitrogens with zero attached hydrogens (tertiary/aromatic N) is 1. The first-order chi connectivity index (χ1) is 10.2. The van der Waals surface area contributed by atoms with Crippen LogP contribution in [0.4, 0.5) is 0 Å². The van der Waals surface area contributed by atoms with E-state index < -0.39 is 18.3 Å². The molecular formula is C16H20BNO3S. The number of phenols is 1. The molecule has 0 bridgehead atoms. The maximum absolute atomic E-state index is 9.57. The summed E-state index contributed by atoms with van der Waals surface area (Å²) in [4.78, 5) is 0. The van der Waals surface area contributed by atoms with Crippen molar-refractivity contribution < 1.29 is 14.4 Å². The summed E-state index contributed by atoms with van der Waals surface area (Å²) in [5.74, 6) is 0.447. The molecule has 0 aromatic heterocycles. The van der Waals surface area contributed by atoms with E-state index in [1.807, 2.05) is 39.8 Å². The summed E-state index contributed by atoms with van der Waals surface area (Å²) >= 11 is 4.36. The highest BCUT2D eigenvalue weighted by molar-refractivity contribution is 7.80. The number of nitriles is 1. The van der Waals surface area contributed by atoms with Gasteiger partial charge in [0, 0.05) is 5.75 Å². The summed E-state index contributed by atoms with van der Waals surface area (Å²) in [6.45, 7) is 7.99. The number of hydrogen-bond acceptors (Lipinski definition) is 5. The highest BCUT2D eigenvalue weighted by Gasteiger charge is 2.52. The average Bonchev–Trinajstić information content (AvgIpc) is 2.66. The van der Waals surface area contributed by atoms with E-state index in [9.17, 15) is 5.11 Å². The van der Waals surface area contributed by atoms with Crippen molar-refractivity contribution in [2.45, 2.75) is 38.9 Å². The molecule has 1 saturated heterocycles. The van der Waals surface area contributed by atoms with Crippen LogP contribution in [0, 0.1) is 11.3 Å². The highest BCUT2D eigenvalue weighted by Crippen LogP contribution is 2.39. The smallest absolute Gasteiger partial charge is 0.491 e. The molecule has 4 nitrogen and oxygen atoms in total. The van der Waals surface area contributed by atoms with Gasteiger partial charge in [-0.25, -0.2) is 0 Å². The molecule has 0 unspecified atom stereocenters.